The quantitative estimate of drug-likeness (QED) is 0.793. The molecule has 0 aliphatic carbocycles. The summed E-state index contributed by atoms with van der Waals surface area (Å²) in [7, 11) is 0. The van der Waals surface area contributed by atoms with E-state index >= 15 is 0 Å². The van der Waals surface area contributed by atoms with Gasteiger partial charge in [-0.05, 0) is 38.1 Å². The molecule has 2 nitrogen and oxygen atoms in total. The van der Waals surface area contributed by atoms with Gasteiger partial charge in [0.25, 0.3) is 0 Å². The van der Waals surface area contributed by atoms with E-state index in [2.05, 4.69) is 11.4 Å². The van der Waals surface area contributed by atoms with Crippen molar-refractivity contribution in [2.24, 2.45) is 0 Å². The van der Waals surface area contributed by atoms with Crippen LogP contribution >= 0.6 is 35.0 Å². The van der Waals surface area contributed by atoms with Crippen LogP contribution < -0.4 is 5.32 Å². The number of hydrogen-bond acceptors (Lipinski definition) is 3. The second-order valence-corrected chi connectivity index (χ2v) is 6.13. The monoisotopic (exact) mass is 302 g/mol. The van der Waals surface area contributed by atoms with Crippen molar-refractivity contribution in [3.05, 3.63) is 28.2 Å². The summed E-state index contributed by atoms with van der Waals surface area (Å²) in [5, 5.41) is 13.5. The Morgan fingerprint density at radius 1 is 1.39 bits per heavy atom. The zero-order chi connectivity index (χ0) is 13.6. The molecular formula is C13H16Cl2N2S. The first-order chi connectivity index (χ1) is 8.50. The van der Waals surface area contributed by atoms with Gasteiger partial charge in [-0.3, -0.25) is 5.32 Å². The van der Waals surface area contributed by atoms with Gasteiger partial charge in [0.2, 0.25) is 0 Å². The number of thioether (sulfide) groups is 1. The number of halogens is 2. The average Bonchev–Trinajstić information content (AvgIpc) is 2.34. The summed E-state index contributed by atoms with van der Waals surface area (Å²) in [4.78, 5) is 1.07. The second-order valence-electron chi connectivity index (χ2n) is 4.15. The lowest BCUT2D eigenvalue weighted by atomic mass is 10.0. The lowest BCUT2D eigenvalue weighted by Gasteiger charge is -2.22. The van der Waals surface area contributed by atoms with E-state index in [1.165, 1.54) is 0 Å². The van der Waals surface area contributed by atoms with E-state index in [-0.39, 0.29) is 0 Å². The summed E-state index contributed by atoms with van der Waals surface area (Å²) in [5.41, 5.74) is -0.460. The maximum Gasteiger partial charge on any atom is 0.104 e. The minimum absolute atomic E-state index is 0.460. The third-order valence-electron chi connectivity index (χ3n) is 2.58. The van der Waals surface area contributed by atoms with Crippen molar-refractivity contribution in [1.29, 1.82) is 5.26 Å². The summed E-state index contributed by atoms with van der Waals surface area (Å²) < 4.78 is 0. The molecule has 0 saturated heterocycles. The summed E-state index contributed by atoms with van der Waals surface area (Å²) >= 11 is 13.5. The maximum atomic E-state index is 9.13. The van der Waals surface area contributed by atoms with E-state index < -0.39 is 5.54 Å². The second kappa shape index (κ2) is 7.25. The highest BCUT2D eigenvalue weighted by Gasteiger charge is 2.21. The highest BCUT2D eigenvalue weighted by atomic mass is 35.5. The van der Waals surface area contributed by atoms with Crippen LogP contribution in [-0.4, -0.2) is 17.8 Å². The number of nitrogens with zero attached hydrogens (tertiary/aromatic N) is 1. The minimum atomic E-state index is -0.460. The smallest absolute Gasteiger partial charge is 0.104 e. The van der Waals surface area contributed by atoms with Crippen molar-refractivity contribution in [2.45, 2.75) is 30.7 Å². The molecule has 98 valence electrons. The molecule has 1 aromatic carbocycles. The van der Waals surface area contributed by atoms with Crippen LogP contribution in [0.3, 0.4) is 0 Å². The summed E-state index contributed by atoms with van der Waals surface area (Å²) in [6.45, 7) is 4.72. The van der Waals surface area contributed by atoms with Crippen LogP contribution in [0.2, 0.25) is 10.0 Å². The van der Waals surface area contributed by atoms with Gasteiger partial charge in [-0.25, -0.2) is 0 Å². The lowest BCUT2D eigenvalue weighted by molar-refractivity contribution is 0.450. The topological polar surface area (TPSA) is 35.8 Å². The van der Waals surface area contributed by atoms with Crippen LogP contribution in [0.25, 0.3) is 0 Å². The first-order valence-electron chi connectivity index (χ1n) is 5.75. The molecule has 1 unspecified atom stereocenters. The molecule has 0 aromatic heterocycles. The van der Waals surface area contributed by atoms with Gasteiger partial charge in [-0.15, -0.1) is 11.8 Å². The Morgan fingerprint density at radius 3 is 2.67 bits per heavy atom. The van der Waals surface area contributed by atoms with Crippen molar-refractivity contribution in [3.63, 3.8) is 0 Å². The number of benzene rings is 1. The molecule has 0 aliphatic rings. The summed E-state index contributed by atoms with van der Waals surface area (Å²) in [6.07, 6.45) is 0.780. The molecule has 0 heterocycles. The van der Waals surface area contributed by atoms with Gasteiger partial charge < -0.3 is 0 Å². The molecule has 18 heavy (non-hydrogen) atoms. The molecule has 1 aromatic rings. The third-order valence-corrected chi connectivity index (χ3v) is 4.31. The Balaban J connectivity index is 2.51. The molecule has 5 heteroatoms. The van der Waals surface area contributed by atoms with Gasteiger partial charge in [0.05, 0.1) is 16.1 Å². The number of nitriles is 1. The van der Waals surface area contributed by atoms with Crippen molar-refractivity contribution in [3.8, 4) is 6.07 Å². The van der Waals surface area contributed by atoms with Crippen LogP contribution in [0.1, 0.15) is 20.3 Å². The SMILES string of the molecule is CCNC(C)(C#N)CCSc1ccc(Cl)c(Cl)c1. The molecule has 1 atom stereocenters. The Kier molecular flexibility index (Phi) is 6.31. The van der Waals surface area contributed by atoms with E-state index in [1.54, 1.807) is 17.8 Å². The van der Waals surface area contributed by atoms with Gasteiger partial charge >= 0.3 is 0 Å². The van der Waals surface area contributed by atoms with Crippen molar-refractivity contribution < 1.29 is 0 Å². The van der Waals surface area contributed by atoms with Crippen LogP contribution in [0.4, 0.5) is 0 Å². The first-order valence-corrected chi connectivity index (χ1v) is 7.49. The average molecular weight is 303 g/mol. The van der Waals surface area contributed by atoms with E-state index in [9.17, 15) is 0 Å². The first kappa shape index (κ1) is 15.7. The normalized spacial score (nSPS) is 13.9. The zero-order valence-corrected chi connectivity index (χ0v) is 12.8. The molecular weight excluding hydrogens is 287 g/mol. The summed E-state index contributed by atoms with van der Waals surface area (Å²) in [6, 6.07) is 7.90. The van der Waals surface area contributed by atoms with E-state index in [0.717, 1.165) is 23.6 Å². The van der Waals surface area contributed by atoms with Gasteiger partial charge in [-0.1, -0.05) is 30.1 Å². The Hall–Kier alpha value is -0.400. The molecule has 1 N–H and O–H groups in total. The van der Waals surface area contributed by atoms with E-state index in [1.807, 2.05) is 26.0 Å². The Morgan fingerprint density at radius 2 is 2.11 bits per heavy atom. The molecule has 1 rings (SSSR count). The lowest BCUT2D eigenvalue weighted by Crippen LogP contribution is -2.41. The van der Waals surface area contributed by atoms with Crippen LogP contribution in [-0.2, 0) is 0 Å². The molecule has 0 amide bonds. The predicted octanol–water partition coefficient (Wildman–Crippen LogP) is 4.37. The largest absolute Gasteiger partial charge is 0.300 e. The third kappa shape index (κ3) is 4.70. The fourth-order valence-electron chi connectivity index (χ4n) is 1.51. The molecule has 0 fully saturated rings. The molecule has 0 saturated carbocycles. The van der Waals surface area contributed by atoms with Crippen LogP contribution in [0.15, 0.2) is 23.1 Å². The fourth-order valence-corrected chi connectivity index (χ4v) is 2.99. The zero-order valence-electron chi connectivity index (χ0n) is 10.5. The highest BCUT2D eigenvalue weighted by molar-refractivity contribution is 7.99. The minimum Gasteiger partial charge on any atom is -0.300 e. The Labute approximate surface area is 123 Å². The van der Waals surface area contributed by atoms with E-state index in [0.29, 0.717) is 10.0 Å². The molecule has 0 aliphatic heterocycles. The van der Waals surface area contributed by atoms with Crippen LogP contribution in [0.5, 0.6) is 0 Å². The van der Waals surface area contributed by atoms with Gasteiger partial charge in [0.1, 0.15) is 5.54 Å². The van der Waals surface area contributed by atoms with Crippen molar-refractivity contribution in [1.82, 2.24) is 5.32 Å². The van der Waals surface area contributed by atoms with Crippen molar-refractivity contribution >= 4 is 35.0 Å². The number of rotatable bonds is 6. The summed E-state index contributed by atoms with van der Waals surface area (Å²) in [5.74, 6) is 0.856. The van der Waals surface area contributed by atoms with Crippen LogP contribution in [0, 0.1) is 11.3 Å². The van der Waals surface area contributed by atoms with Gasteiger partial charge in [-0.2, -0.15) is 5.26 Å². The molecule has 0 bridgehead atoms. The van der Waals surface area contributed by atoms with Crippen molar-refractivity contribution in [2.75, 3.05) is 12.3 Å². The van der Waals surface area contributed by atoms with Gasteiger partial charge in [0.15, 0.2) is 0 Å². The molecule has 0 radical (unpaired) electrons. The van der Waals surface area contributed by atoms with E-state index in [4.69, 9.17) is 28.5 Å². The maximum absolute atomic E-state index is 9.13. The number of nitrogens with one attached hydrogen (secondary N) is 1. The molecule has 0 spiro atoms. The van der Waals surface area contributed by atoms with Gasteiger partial charge in [0, 0.05) is 10.6 Å². The number of hydrogen-bond donors (Lipinski definition) is 1. The predicted molar refractivity (Wildman–Crippen MR) is 79.5 cm³/mol. The highest BCUT2D eigenvalue weighted by Crippen LogP contribution is 2.29. The Bertz CT molecular complexity index is 445. The standard InChI is InChI=1S/C13H16Cl2N2S/c1-3-17-13(2,9-16)6-7-18-10-4-5-11(14)12(15)8-10/h4-5,8,17H,3,6-7H2,1-2H3. The fraction of sp³-hybridized carbons (Fsp3) is 0.462.